The minimum atomic E-state index is 0.624. The zero-order valence-electron chi connectivity index (χ0n) is 15.4. The summed E-state index contributed by atoms with van der Waals surface area (Å²) in [5, 5.41) is 19.0. The third-order valence-electron chi connectivity index (χ3n) is 4.31. The Hall–Kier alpha value is -3.32. The van der Waals surface area contributed by atoms with E-state index in [1.54, 1.807) is 0 Å². The van der Waals surface area contributed by atoms with Crippen LogP contribution in [0.25, 0.3) is 16.8 Å². The summed E-state index contributed by atoms with van der Waals surface area (Å²) in [7, 11) is 4.16. The number of benzene rings is 2. The lowest BCUT2D eigenvalue weighted by atomic mass is 9.98. The minimum absolute atomic E-state index is 0.624. The number of aromatic nitrogens is 5. The van der Waals surface area contributed by atoms with Crippen molar-refractivity contribution >= 4 is 11.5 Å². The Labute approximate surface area is 157 Å². The van der Waals surface area contributed by atoms with E-state index in [4.69, 9.17) is 0 Å². The maximum atomic E-state index is 4.36. The van der Waals surface area contributed by atoms with Gasteiger partial charge in [-0.2, -0.15) is 0 Å². The van der Waals surface area contributed by atoms with E-state index in [1.807, 2.05) is 12.1 Å². The third kappa shape index (κ3) is 3.93. The fourth-order valence-electron chi connectivity index (χ4n) is 3.04. The predicted molar refractivity (Wildman–Crippen MR) is 105 cm³/mol. The highest BCUT2D eigenvalue weighted by Gasteiger charge is 2.06. The maximum Gasteiger partial charge on any atom is 0.200 e. The van der Waals surface area contributed by atoms with E-state index in [0.717, 1.165) is 12.4 Å². The van der Waals surface area contributed by atoms with E-state index in [2.05, 4.69) is 93.5 Å². The second-order valence-corrected chi connectivity index (χ2v) is 6.69. The van der Waals surface area contributed by atoms with Crippen molar-refractivity contribution in [3.05, 3.63) is 71.8 Å². The molecule has 7 nitrogen and oxygen atoms in total. The normalized spacial score (nSPS) is 11.2. The summed E-state index contributed by atoms with van der Waals surface area (Å²) in [6.07, 6.45) is 0. The van der Waals surface area contributed by atoms with Gasteiger partial charge in [-0.15, -0.1) is 14.8 Å². The average Bonchev–Trinajstić information content (AvgIpc) is 3.15. The Morgan fingerprint density at radius 3 is 2.59 bits per heavy atom. The number of rotatable bonds is 6. The Morgan fingerprint density at radius 2 is 1.78 bits per heavy atom. The van der Waals surface area contributed by atoms with Crippen LogP contribution in [0.4, 0.5) is 5.82 Å². The molecule has 136 valence electrons. The van der Waals surface area contributed by atoms with Crippen LogP contribution >= 0.6 is 0 Å². The first-order valence-electron chi connectivity index (χ1n) is 8.80. The molecule has 0 radical (unpaired) electrons. The summed E-state index contributed by atoms with van der Waals surface area (Å²) in [4.78, 5) is 2.17. The van der Waals surface area contributed by atoms with E-state index >= 15 is 0 Å². The van der Waals surface area contributed by atoms with Crippen LogP contribution in [0.15, 0.2) is 60.7 Å². The van der Waals surface area contributed by atoms with Gasteiger partial charge in [0.25, 0.3) is 0 Å². The Bertz CT molecular complexity index is 1040. The first kappa shape index (κ1) is 17.1. The molecule has 0 amide bonds. The van der Waals surface area contributed by atoms with Gasteiger partial charge >= 0.3 is 0 Å². The second kappa shape index (κ2) is 7.51. The fourth-order valence-corrected chi connectivity index (χ4v) is 3.04. The van der Waals surface area contributed by atoms with Gasteiger partial charge in [0.2, 0.25) is 0 Å². The number of hydrogen-bond donors (Lipinski definition) is 1. The van der Waals surface area contributed by atoms with Gasteiger partial charge in [0.15, 0.2) is 5.65 Å². The molecule has 2 heterocycles. The topological polar surface area (TPSA) is 71.2 Å². The Morgan fingerprint density at radius 1 is 0.963 bits per heavy atom. The molecule has 0 aliphatic carbocycles. The van der Waals surface area contributed by atoms with E-state index in [1.165, 1.54) is 26.9 Å². The van der Waals surface area contributed by atoms with Crippen LogP contribution in [0, 0.1) is 0 Å². The van der Waals surface area contributed by atoms with Gasteiger partial charge in [0, 0.05) is 13.1 Å². The van der Waals surface area contributed by atoms with E-state index in [0.29, 0.717) is 12.2 Å². The van der Waals surface area contributed by atoms with Crippen molar-refractivity contribution in [1.82, 2.24) is 30.2 Å². The van der Waals surface area contributed by atoms with Gasteiger partial charge in [-0.05, 0) is 58.9 Å². The molecule has 7 heteroatoms. The summed E-state index contributed by atoms with van der Waals surface area (Å²) in [5.41, 5.74) is 5.55. The van der Waals surface area contributed by atoms with Gasteiger partial charge in [-0.1, -0.05) is 48.5 Å². The minimum Gasteiger partial charge on any atom is -0.364 e. The molecule has 0 atom stereocenters. The number of tetrazole rings is 1. The van der Waals surface area contributed by atoms with E-state index in [9.17, 15) is 0 Å². The lowest BCUT2D eigenvalue weighted by Gasteiger charge is -2.13. The summed E-state index contributed by atoms with van der Waals surface area (Å²) < 4.78 is 1.41. The summed E-state index contributed by atoms with van der Waals surface area (Å²) in [6.45, 7) is 1.60. The van der Waals surface area contributed by atoms with Gasteiger partial charge in [0.05, 0.1) is 0 Å². The standard InChI is InChI=1S/C20H21N7/c1-26(2)14-15-7-9-16(10-8-15)18-6-4-3-5-17(18)13-21-19-11-12-20-22-24-25-27(20)23-19/h3-12H,13-14H2,1-2H3,(H,21,23). The van der Waals surface area contributed by atoms with Gasteiger partial charge in [0.1, 0.15) is 5.82 Å². The molecule has 0 aliphatic rings. The molecule has 0 unspecified atom stereocenters. The second-order valence-electron chi connectivity index (χ2n) is 6.69. The quantitative estimate of drug-likeness (QED) is 0.571. The molecule has 0 aliphatic heterocycles. The zero-order chi connectivity index (χ0) is 18.6. The first-order valence-corrected chi connectivity index (χ1v) is 8.80. The highest BCUT2D eigenvalue weighted by molar-refractivity contribution is 5.68. The van der Waals surface area contributed by atoms with Gasteiger partial charge in [-0.25, -0.2) is 0 Å². The fraction of sp³-hybridized carbons (Fsp3) is 0.200. The highest BCUT2D eigenvalue weighted by Crippen LogP contribution is 2.25. The van der Waals surface area contributed by atoms with Crippen molar-refractivity contribution in [3.8, 4) is 11.1 Å². The van der Waals surface area contributed by atoms with Crippen molar-refractivity contribution in [1.29, 1.82) is 0 Å². The molecular formula is C20H21N7. The molecular weight excluding hydrogens is 338 g/mol. The maximum absolute atomic E-state index is 4.36. The largest absolute Gasteiger partial charge is 0.364 e. The molecule has 0 saturated heterocycles. The number of anilines is 1. The van der Waals surface area contributed by atoms with Crippen molar-refractivity contribution in [2.45, 2.75) is 13.1 Å². The van der Waals surface area contributed by atoms with Crippen molar-refractivity contribution < 1.29 is 0 Å². The Kier molecular flexibility index (Phi) is 4.76. The number of fused-ring (bicyclic) bond motifs is 1. The summed E-state index contributed by atoms with van der Waals surface area (Å²) in [6, 6.07) is 20.9. The van der Waals surface area contributed by atoms with Gasteiger partial charge < -0.3 is 10.2 Å². The van der Waals surface area contributed by atoms with Crippen LogP contribution in [-0.2, 0) is 13.1 Å². The van der Waals surface area contributed by atoms with Crippen LogP contribution in [0.2, 0.25) is 0 Å². The Balaban J connectivity index is 1.53. The van der Waals surface area contributed by atoms with Crippen LogP contribution in [0.1, 0.15) is 11.1 Å². The van der Waals surface area contributed by atoms with Crippen LogP contribution in [0.3, 0.4) is 0 Å². The number of nitrogens with one attached hydrogen (secondary N) is 1. The lowest BCUT2D eigenvalue weighted by molar-refractivity contribution is 0.402. The SMILES string of the molecule is CN(C)Cc1ccc(-c2ccccc2CNc2ccc3nnnn3n2)cc1. The highest BCUT2D eigenvalue weighted by atomic mass is 15.6. The predicted octanol–water partition coefficient (Wildman–Crippen LogP) is 2.86. The van der Waals surface area contributed by atoms with Crippen molar-refractivity contribution in [2.75, 3.05) is 19.4 Å². The molecule has 0 fully saturated rings. The van der Waals surface area contributed by atoms with E-state index in [-0.39, 0.29) is 0 Å². The molecule has 4 rings (SSSR count). The van der Waals surface area contributed by atoms with Crippen LogP contribution in [0.5, 0.6) is 0 Å². The lowest BCUT2D eigenvalue weighted by Crippen LogP contribution is -2.10. The average molecular weight is 359 g/mol. The summed E-state index contributed by atoms with van der Waals surface area (Å²) in [5.74, 6) is 0.728. The van der Waals surface area contributed by atoms with Gasteiger partial charge in [-0.3, -0.25) is 0 Å². The molecule has 27 heavy (non-hydrogen) atoms. The zero-order valence-corrected chi connectivity index (χ0v) is 15.4. The number of hydrogen-bond acceptors (Lipinski definition) is 6. The van der Waals surface area contributed by atoms with E-state index < -0.39 is 0 Å². The molecule has 0 saturated carbocycles. The van der Waals surface area contributed by atoms with Crippen molar-refractivity contribution in [2.24, 2.45) is 0 Å². The third-order valence-corrected chi connectivity index (χ3v) is 4.31. The molecule has 0 spiro atoms. The monoisotopic (exact) mass is 359 g/mol. The molecule has 0 bridgehead atoms. The molecule has 4 aromatic rings. The molecule has 1 N–H and O–H groups in total. The molecule has 2 aromatic heterocycles. The van der Waals surface area contributed by atoms with Crippen LogP contribution in [-0.4, -0.2) is 44.2 Å². The van der Waals surface area contributed by atoms with Crippen molar-refractivity contribution in [3.63, 3.8) is 0 Å². The first-order chi connectivity index (χ1) is 13.2. The van der Waals surface area contributed by atoms with Crippen LogP contribution < -0.4 is 5.32 Å². The number of nitrogens with zero attached hydrogens (tertiary/aromatic N) is 6. The smallest absolute Gasteiger partial charge is 0.200 e. The molecule has 2 aromatic carbocycles. The summed E-state index contributed by atoms with van der Waals surface area (Å²) >= 11 is 0.